The molecule has 5 heteroatoms. The molecule has 0 saturated heterocycles. The number of aliphatic hydroxyl groups excluding tert-OH is 1. The van der Waals surface area contributed by atoms with Crippen molar-refractivity contribution in [1.29, 1.82) is 0 Å². The summed E-state index contributed by atoms with van der Waals surface area (Å²) in [5, 5.41) is 12.2. The largest absolute Gasteiger partial charge is 0.491 e. The summed E-state index contributed by atoms with van der Waals surface area (Å²) >= 11 is 0. The third-order valence-corrected chi connectivity index (χ3v) is 3.47. The molecule has 0 bridgehead atoms. The fourth-order valence-electron chi connectivity index (χ4n) is 1.95. The van der Waals surface area contributed by atoms with Gasteiger partial charge in [0.15, 0.2) is 0 Å². The monoisotopic (exact) mass is 350 g/mol. The summed E-state index contributed by atoms with van der Waals surface area (Å²) < 4.78 is 62.9. The van der Waals surface area contributed by atoms with Gasteiger partial charge in [-0.25, -0.2) is 0 Å². The highest BCUT2D eigenvalue weighted by atomic mass is 35.5. The normalized spacial score (nSPS) is 21.3. The van der Waals surface area contributed by atoms with Gasteiger partial charge in [-0.2, -0.15) is 0 Å². The van der Waals surface area contributed by atoms with Crippen LogP contribution in [0, 0.1) is 5.92 Å². The number of aliphatic hydroxyl groups is 1. The molecule has 1 unspecified atom stereocenters. The van der Waals surface area contributed by atoms with Crippen molar-refractivity contribution in [3.8, 4) is 5.75 Å². The van der Waals surface area contributed by atoms with E-state index in [9.17, 15) is 5.11 Å². The van der Waals surface area contributed by atoms with Gasteiger partial charge in [0.25, 0.3) is 0 Å². The van der Waals surface area contributed by atoms with Gasteiger partial charge in [-0.05, 0) is 42.9 Å². The summed E-state index contributed by atoms with van der Waals surface area (Å²) in [6, 6.07) is 4.45. The number of hydrogen-bond donors (Lipinski definition) is 2. The highest BCUT2D eigenvalue weighted by Gasteiger charge is 2.20. The van der Waals surface area contributed by atoms with Gasteiger partial charge in [-0.15, -0.1) is 12.4 Å². The first kappa shape index (κ1) is 11.7. The second kappa shape index (κ2) is 10.9. The molecule has 1 atom stereocenters. The number of halogens is 1. The first-order chi connectivity index (χ1) is 13.4. The Morgan fingerprint density at radius 1 is 1.35 bits per heavy atom. The van der Waals surface area contributed by atoms with Crippen molar-refractivity contribution < 1.29 is 24.2 Å². The van der Waals surface area contributed by atoms with Gasteiger partial charge in [-0.1, -0.05) is 25.8 Å². The topological polar surface area (TPSA) is 50.7 Å². The minimum absolute atomic E-state index is 0. The van der Waals surface area contributed by atoms with Crippen molar-refractivity contribution >= 4 is 12.4 Å². The summed E-state index contributed by atoms with van der Waals surface area (Å²) in [7, 11) is 0. The minimum atomic E-state index is -3.09. The molecule has 0 spiro atoms. The molecule has 2 N–H and O–H groups in total. The lowest BCUT2D eigenvalue weighted by atomic mass is 10.1. The molecule has 1 fully saturated rings. The zero-order valence-corrected chi connectivity index (χ0v) is 13.9. The first-order valence-electron chi connectivity index (χ1n) is 11.1. The maximum Gasteiger partial charge on any atom is 0.119 e. The third kappa shape index (κ3) is 9.16. The fourth-order valence-corrected chi connectivity index (χ4v) is 1.95. The van der Waals surface area contributed by atoms with E-state index in [1.165, 1.54) is 12.8 Å². The van der Waals surface area contributed by atoms with E-state index in [0.29, 0.717) is 12.4 Å². The molecule has 4 nitrogen and oxygen atoms in total. The second-order valence-electron chi connectivity index (χ2n) is 5.63. The SMILES string of the molecule is Cl.[2H]C([2H])([2H])C([2H])(NCC(O)COc1ccc(CCOCC2CC2)cc1)C([2H])([2H])[2H]. The van der Waals surface area contributed by atoms with E-state index in [4.69, 9.17) is 19.1 Å². The first-order valence-corrected chi connectivity index (χ1v) is 7.65. The zero-order valence-electron chi connectivity index (χ0n) is 20.1. The Kier molecular flexibility index (Phi) is 5.53. The van der Waals surface area contributed by atoms with E-state index in [0.717, 1.165) is 24.5 Å². The van der Waals surface area contributed by atoms with Gasteiger partial charge in [0.1, 0.15) is 18.5 Å². The summed E-state index contributed by atoms with van der Waals surface area (Å²) in [5.74, 6) is 1.27. The maximum absolute atomic E-state index is 10.00. The van der Waals surface area contributed by atoms with Gasteiger partial charge < -0.3 is 19.9 Å². The van der Waals surface area contributed by atoms with Crippen LogP contribution >= 0.6 is 12.4 Å². The average Bonchev–Trinajstić information content (AvgIpc) is 3.45. The van der Waals surface area contributed by atoms with Crippen LogP contribution in [-0.4, -0.2) is 43.6 Å². The van der Waals surface area contributed by atoms with Gasteiger partial charge in [0, 0.05) is 28.8 Å². The van der Waals surface area contributed by atoms with Crippen molar-refractivity contribution in [3.05, 3.63) is 29.8 Å². The third-order valence-electron chi connectivity index (χ3n) is 3.47. The van der Waals surface area contributed by atoms with Crippen LogP contribution in [0.25, 0.3) is 0 Å². The zero-order chi connectivity index (χ0) is 21.7. The molecule has 2 rings (SSSR count). The summed E-state index contributed by atoms with van der Waals surface area (Å²) in [4.78, 5) is 0. The summed E-state index contributed by atoms with van der Waals surface area (Å²) in [6.07, 6.45) is 2.15. The van der Waals surface area contributed by atoms with Crippen LogP contribution in [0.4, 0.5) is 0 Å². The van der Waals surface area contributed by atoms with E-state index >= 15 is 0 Å². The molecule has 0 aliphatic heterocycles. The molecule has 1 aliphatic rings. The molecule has 1 aromatic carbocycles. The maximum atomic E-state index is 10.00. The molecule has 1 aromatic rings. The van der Waals surface area contributed by atoms with Crippen molar-refractivity contribution in [2.24, 2.45) is 5.92 Å². The summed E-state index contributed by atoms with van der Waals surface area (Å²) in [5.41, 5.74) is 1.10. The lowest BCUT2D eigenvalue weighted by Gasteiger charge is -2.15. The number of hydrogen-bond acceptors (Lipinski definition) is 4. The summed E-state index contributed by atoms with van der Waals surface area (Å²) in [6.45, 7) is -5.25. The van der Waals surface area contributed by atoms with Crippen molar-refractivity contribution in [3.63, 3.8) is 0 Å². The molecular formula is C18H30ClNO3. The van der Waals surface area contributed by atoms with Crippen LogP contribution in [0.15, 0.2) is 24.3 Å². The molecule has 1 aliphatic carbocycles. The Bertz CT molecular complexity index is 622. The van der Waals surface area contributed by atoms with Crippen LogP contribution in [-0.2, 0) is 11.2 Å². The van der Waals surface area contributed by atoms with Gasteiger partial charge in [0.05, 0.1) is 6.61 Å². The van der Waals surface area contributed by atoms with Crippen LogP contribution in [0.5, 0.6) is 5.75 Å². The number of benzene rings is 1. The smallest absolute Gasteiger partial charge is 0.119 e. The van der Waals surface area contributed by atoms with E-state index in [-0.39, 0.29) is 19.0 Å². The van der Waals surface area contributed by atoms with E-state index in [2.05, 4.69) is 5.32 Å². The Balaban J connectivity index is 0.00000450. The molecule has 0 heterocycles. The lowest BCUT2D eigenvalue weighted by molar-refractivity contribution is 0.104. The van der Waals surface area contributed by atoms with Crippen molar-refractivity contribution in [2.45, 2.75) is 45.1 Å². The molecule has 0 radical (unpaired) electrons. The van der Waals surface area contributed by atoms with Crippen molar-refractivity contribution in [2.75, 3.05) is 26.4 Å². The van der Waals surface area contributed by atoms with Gasteiger partial charge in [-0.3, -0.25) is 0 Å². The Morgan fingerprint density at radius 2 is 2.09 bits per heavy atom. The van der Waals surface area contributed by atoms with Crippen LogP contribution in [0.1, 0.15) is 41.7 Å². The molecule has 23 heavy (non-hydrogen) atoms. The highest BCUT2D eigenvalue weighted by molar-refractivity contribution is 5.85. The van der Waals surface area contributed by atoms with Crippen LogP contribution in [0.2, 0.25) is 0 Å². The number of nitrogens with one attached hydrogen (secondary N) is 1. The predicted octanol–water partition coefficient (Wildman–Crippen LogP) is 2.82. The van der Waals surface area contributed by atoms with Crippen LogP contribution in [0.3, 0.4) is 0 Å². The number of ether oxygens (including phenoxy) is 2. The fraction of sp³-hybridized carbons (Fsp3) is 0.667. The van der Waals surface area contributed by atoms with E-state index in [1.54, 1.807) is 12.1 Å². The Labute approximate surface area is 155 Å². The van der Waals surface area contributed by atoms with E-state index in [1.807, 2.05) is 12.1 Å². The number of rotatable bonds is 11. The Hall–Kier alpha value is -0.810. The van der Waals surface area contributed by atoms with Crippen LogP contribution < -0.4 is 10.1 Å². The predicted molar refractivity (Wildman–Crippen MR) is 95.6 cm³/mol. The Morgan fingerprint density at radius 3 is 2.74 bits per heavy atom. The molecule has 132 valence electrons. The molecule has 1 saturated carbocycles. The molecule has 0 aromatic heterocycles. The highest BCUT2D eigenvalue weighted by Crippen LogP contribution is 2.28. The van der Waals surface area contributed by atoms with Gasteiger partial charge in [0.2, 0.25) is 0 Å². The van der Waals surface area contributed by atoms with Crippen molar-refractivity contribution in [1.82, 2.24) is 5.32 Å². The lowest BCUT2D eigenvalue weighted by Crippen LogP contribution is -2.35. The molecular weight excluding hydrogens is 314 g/mol. The van der Waals surface area contributed by atoms with Gasteiger partial charge >= 0.3 is 0 Å². The quantitative estimate of drug-likeness (QED) is 0.602. The average molecular weight is 351 g/mol. The second-order valence-corrected chi connectivity index (χ2v) is 5.63. The minimum Gasteiger partial charge on any atom is -0.491 e. The van der Waals surface area contributed by atoms with E-state index < -0.39 is 32.4 Å². The standard InChI is InChI=1S/C18H29NO3.ClH/c1-14(2)19-11-17(20)13-22-18-7-5-15(6-8-18)9-10-21-12-16-3-4-16;/h5-8,14,16-17,19-20H,3-4,9-13H2,1-2H3;1H/i1D3,2D3,14D;. The molecule has 0 amide bonds.